The van der Waals surface area contributed by atoms with Crippen molar-refractivity contribution in [2.75, 3.05) is 14.2 Å². The fraction of sp³-hybridized carbons (Fsp3) is 0.562. The van der Waals surface area contributed by atoms with Crippen LogP contribution in [0.1, 0.15) is 33.6 Å². The molecule has 0 spiro atoms. The van der Waals surface area contributed by atoms with Crippen LogP contribution in [0.25, 0.3) is 0 Å². The largest absolute Gasteiger partial charge is 0.493 e. The maximum Gasteiger partial charge on any atom is 0.335 e. The van der Waals surface area contributed by atoms with Crippen LogP contribution in [0.3, 0.4) is 0 Å². The molecule has 1 heterocycles. The molecule has 122 valence electrons. The summed E-state index contributed by atoms with van der Waals surface area (Å²) in [6.45, 7) is 5.46. The second kappa shape index (κ2) is 5.83. The molecule has 1 aromatic rings. The van der Waals surface area contributed by atoms with Gasteiger partial charge in [0.05, 0.1) is 21.2 Å². The molecule has 2 rings (SSSR count). The van der Waals surface area contributed by atoms with E-state index < -0.39 is 41.3 Å². The number of methoxy groups -OCH3 is 2. The van der Waals surface area contributed by atoms with Gasteiger partial charge in [0, 0.05) is 11.5 Å². The molecule has 0 amide bonds. The summed E-state index contributed by atoms with van der Waals surface area (Å²) in [5.41, 5.74) is -0.452. The first-order valence-corrected chi connectivity index (χ1v) is 6.93. The Hall–Kier alpha value is -1.69. The molecule has 3 atom stereocenters. The molecule has 1 saturated heterocycles. The summed E-state index contributed by atoms with van der Waals surface area (Å²) in [5, 5.41) is 0. The predicted octanol–water partition coefficient (Wildman–Crippen LogP) is 3.04. The molecule has 0 aromatic heterocycles. The molecule has 1 aliphatic rings. The predicted molar refractivity (Wildman–Crippen MR) is 75.8 cm³/mol. The third-order valence-corrected chi connectivity index (χ3v) is 4.40. The van der Waals surface area contributed by atoms with Crippen LogP contribution in [0.15, 0.2) is 12.1 Å². The fourth-order valence-electron chi connectivity index (χ4n) is 2.90. The Morgan fingerprint density at radius 2 is 2.05 bits per heavy atom. The first kappa shape index (κ1) is 15.2. The summed E-state index contributed by atoms with van der Waals surface area (Å²) in [7, 11) is 2.45. The molecular formula is C16H20F2O4. The van der Waals surface area contributed by atoms with Crippen molar-refractivity contribution in [3.63, 3.8) is 0 Å². The number of carbonyl (C=O) groups is 1. The highest BCUT2D eigenvalue weighted by molar-refractivity contribution is 5.77. The van der Waals surface area contributed by atoms with Gasteiger partial charge in [0.25, 0.3) is 0 Å². The quantitative estimate of drug-likeness (QED) is 0.804. The smallest absolute Gasteiger partial charge is 0.335 e. The molecule has 22 heavy (non-hydrogen) atoms. The van der Waals surface area contributed by atoms with Gasteiger partial charge in [0.1, 0.15) is 0 Å². The maximum absolute atomic E-state index is 14.1. The minimum atomic E-state index is -1.29. The van der Waals surface area contributed by atoms with Gasteiger partial charge in [-0.3, -0.25) is 0 Å². The average Bonchev–Trinajstić information content (AvgIpc) is 2.74. The first-order chi connectivity index (χ1) is 10.7. The monoisotopic (exact) mass is 315 g/mol. The zero-order valence-electron chi connectivity index (χ0n) is 14.2. The summed E-state index contributed by atoms with van der Waals surface area (Å²) in [5.74, 6) is -4.28. The van der Waals surface area contributed by atoms with Crippen LogP contribution in [-0.2, 0) is 14.3 Å². The molecule has 0 N–H and O–H groups in total. The highest BCUT2D eigenvalue weighted by Gasteiger charge is 2.52. The number of halogens is 2. The molecule has 0 saturated carbocycles. The molecule has 0 aliphatic carbocycles. The number of benzene rings is 1. The lowest BCUT2D eigenvalue weighted by molar-refractivity contribution is -0.157. The van der Waals surface area contributed by atoms with Crippen LogP contribution in [0.5, 0.6) is 5.75 Å². The molecule has 1 aromatic carbocycles. The second-order valence-electron chi connectivity index (χ2n) is 5.88. The van der Waals surface area contributed by atoms with E-state index in [0.717, 1.165) is 0 Å². The first-order valence-electron chi connectivity index (χ1n) is 7.43. The highest BCUT2D eigenvalue weighted by atomic mass is 19.2. The lowest BCUT2D eigenvalue weighted by Gasteiger charge is -2.25. The Morgan fingerprint density at radius 3 is 2.59 bits per heavy atom. The van der Waals surface area contributed by atoms with Crippen molar-refractivity contribution >= 4 is 5.97 Å². The summed E-state index contributed by atoms with van der Waals surface area (Å²) in [6, 6.07) is 0.581. The number of ether oxygens (including phenoxy) is 3. The third-order valence-electron chi connectivity index (χ3n) is 4.40. The van der Waals surface area contributed by atoms with Gasteiger partial charge < -0.3 is 14.2 Å². The summed E-state index contributed by atoms with van der Waals surface area (Å²) < 4.78 is 50.9. The molecular weight excluding hydrogens is 294 g/mol. The molecule has 6 heteroatoms. The second-order valence-corrected chi connectivity index (χ2v) is 5.88. The van der Waals surface area contributed by atoms with Crippen molar-refractivity contribution in [3.05, 3.63) is 29.3 Å². The lowest BCUT2D eigenvalue weighted by atomic mass is 9.78. The lowest BCUT2D eigenvalue weighted by Crippen LogP contribution is -2.29. The van der Waals surface area contributed by atoms with Gasteiger partial charge in [0.15, 0.2) is 17.7 Å². The van der Waals surface area contributed by atoms with Crippen LogP contribution < -0.4 is 4.74 Å². The van der Waals surface area contributed by atoms with E-state index in [1.165, 1.54) is 20.3 Å². The van der Waals surface area contributed by atoms with E-state index in [4.69, 9.17) is 15.6 Å². The van der Waals surface area contributed by atoms with Crippen molar-refractivity contribution in [2.24, 2.45) is 5.92 Å². The van der Waals surface area contributed by atoms with Gasteiger partial charge in [-0.05, 0) is 25.8 Å². The zero-order valence-corrected chi connectivity index (χ0v) is 13.2. The van der Waals surface area contributed by atoms with Gasteiger partial charge in [-0.1, -0.05) is 13.0 Å². The average molecular weight is 315 g/mol. The van der Waals surface area contributed by atoms with Gasteiger partial charge in [-0.25, -0.2) is 9.18 Å². The SMILES string of the molecule is [2H]c1cc([C@H]2[C@@H](C(=O)OC)OC(C)(C)[C@H]2C)c(OC)c(F)c1F. The minimum absolute atomic E-state index is 0.218. The van der Waals surface area contributed by atoms with E-state index in [1.54, 1.807) is 0 Å². The summed E-state index contributed by atoms with van der Waals surface area (Å²) >= 11 is 0. The van der Waals surface area contributed by atoms with Crippen molar-refractivity contribution in [2.45, 2.75) is 38.4 Å². The number of esters is 1. The van der Waals surface area contributed by atoms with Crippen LogP contribution in [0.4, 0.5) is 8.78 Å². The van der Waals surface area contributed by atoms with Crippen molar-refractivity contribution in [1.82, 2.24) is 0 Å². The molecule has 1 aliphatic heterocycles. The fourth-order valence-corrected chi connectivity index (χ4v) is 2.90. The minimum Gasteiger partial charge on any atom is -0.493 e. The molecule has 4 nitrogen and oxygen atoms in total. The van der Waals surface area contributed by atoms with Gasteiger partial charge >= 0.3 is 5.97 Å². The van der Waals surface area contributed by atoms with Crippen molar-refractivity contribution in [1.29, 1.82) is 0 Å². The third kappa shape index (κ3) is 2.56. The molecule has 0 unspecified atom stereocenters. The molecule has 0 bridgehead atoms. The number of rotatable bonds is 3. The van der Waals surface area contributed by atoms with Gasteiger partial charge in [0.2, 0.25) is 5.82 Å². The normalized spacial score (nSPS) is 27.4. The molecule has 0 radical (unpaired) electrons. The summed E-state index contributed by atoms with van der Waals surface area (Å²) in [4.78, 5) is 12.1. The van der Waals surface area contributed by atoms with E-state index in [2.05, 4.69) is 0 Å². The van der Waals surface area contributed by atoms with Crippen LogP contribution in [0, 0.1) is 17.6 Å². The van der Waals surface area contributed by atoms with Crippen molar-refractivity contribution in [3.8, 4) is 5.75 Å². The van der Waals surface area contributed by atoms with E-state index in [-0.39, 0.29) is 17.2 Å². The summed E-state index contributed by atoms with van der Waals surface area (Å²) in [6.07, 6.45) is -0.983. The van der Waals surface area contributed by atoms with E-state index in [1.807, 2.05) is 20.8 Å². The zero-order chi connectivity index (χ0) is 17.5. The van der Waals surface area contributed by atoms with Crippen LogP contribution >= 0.6 is 0 Å². The van der Waals surface area contributed by atoms with E-state index in [0.29, 0.717) is 0 Å². The van der Waals surface area contributed by atoms with Gasteiger partial charge in [-0.2, -0.15) is 4.39 Å². The van der Waals surface area contributed by atoms with Crippen molar-refractivity contribution < 1.29 is 29.2 Å². The number of carbonyl (C=O) groups excluding carboxylic acids is 1. The number of hydrogen-bond donors (Lipinski definition) is 0. The van der Waals surface area contributed by atoms with Crippen LogP contribution in [-0.4, -0.2) is 31.9 Å². The number of hydrogen-bond acceptors (Lipinski definition) is 4. The standard InChI is InChI=1S/C16H20F2O4/c1-8-11(14(15(19)21-5)22-16(8,2)3)9-6-7-10(17)12(18)13(9)20-4/h6-8,11,14H,1-5H3/t8-,11-,14-/m0/s1/i7D. The van der Waals surface area contributed by atoms with E-state index in [9.17, 15) is 13.6 Å². The van der Waals surface area contributed by atoms with Gasteiger partial charge in [-0.15, -0.1) is 0 Å². The Bertz CT molecular complexity index is 633. The topological polar surface area (TPSA) is 44.8 Å². The molecule has 1 fully saturated rings. The Balaban J connectivity index is 2.64. The Morgan fingerprint density at radius 1 is 1.41 bits per heavy atom. The Kier molecular flexibility index (Phi) is 4.04. The highest BCUT2D eigenvalue weighted by Crippen LogP contribution is 2.49. The van der Waals surface area contributed by atoms with E-state index >= 15 is 0 Å². The van der Waals surface area contributed by atoms with Crippen LogP contribution in [0.2, 0.25) is 0 Å². The maximum atomic E-state index is 14.1. The Labute approximate surface area is 129 Å².